The zero-order valence-corrected chi connectivity index (χ0v) is 16.4. The van der Waals surface area contributed by atoms with Crippen LogP contribution in [0.2, 0.25) is 0 Å². The molecule has 0 amide bonds. The van der Waals surface area contributed by atoms with Gasteiger partial charge in [-0.1, -0.05) is 17.7 Å². The van der Waals surface area contributed by atoms with E-state index in [0.717, 1.165) is 18.8 Å². The van der Waals surface area contributed by atoms with Crippen molar-refractivity contribution in [3.8, 4) is 5.75 Å². The van der Waals surface area contributed by atoms with Gasteiger partial charge in [0.05, 0.1) is 32.8 Å². The number of nitrogens with zero attached hydrogens (tertiary/aromatic N) is 1. The van der Waals surface area contributed by atoms with E-state index in [1.165, 1.54) is 49.1 Å². The summed E-state index contributed by atoms with van der Waals surface area (Å²) in [7, 11) is 0. The molecule has 0 bridgehead atoms. The summed E-state index contributed by atoms with van der Waals surface area (Å²) in [5.74, 6) is 0.997. The van der Waals surface area contributed by atoms with Crippen molar-refractivity contribution >= 4 is 0 Å². The Balaban J connectivity index is 0.00000400. The van der Waals surface area contributed by atoms with Gasteiger partial charge in [-0.05, 0) is 59.1 Å². The van der Waals surface area contributed by atoms with Gasteiger partial charge in [-0.3, -0.25) is 0 Å². The van der Waals surface area contributed by atoms with Crippen molar-refractivity contribution < 1.29 is 33.2 Å². The fourth-order valence-corrected chi connectivity index (χ4v) is 2.70. The van der Waals surface area contributed by atoms with Gasteiger partial charge in [0.15, 0.2) is 0 Å². The Kier molecular flexibility index (Phi) is 11.1. The van der Waals surface area contributed by atoms with E-state index in [2.05, 4.69) is 52.0 Å². The Morgan fingerprint density at radius 1 is 0.857 bits per heavy atom. The Morgan fingerprint density at radius 3 is 1.95 bits per heavy atom. The topological polar surface area (TPSA) is 9.23 Å². The van der Waals surface area contributed by atoms with E-state index in [-0.39, 0.29) is 24.0 Å². The van der Waals surface area contributed by atoms with Crippen LogP contribution in [0.25, 0.3) is 0 Å². The number of aryl methyl sites for hydroxylation is 1. The molecular weight excluding hydrogens is 373 g/mol. The molecule has 1 aromatic rings. The highest BCUT2D eigenvalue weighted by Crippen LogP contribution is 2.13. The van der Waals surface area contributed by atoms with Crippen LogP contribution in [-0.4, -0.2) is 37.3 Å². The molecule has 0 aromatic heterocycles. The van der Waals surface area contributed by atoms with Gasteiger partial charge in [0, 0.05) is 0 Å². The van der Waals surface area contributed by atoms with E-state index >= 15 is 0 Å². The molecule has 0 aliphatic rings. The molecule has 0 saturated heterocycles. The maximum absolute atomic E-state index is 5.77. The summed E-state index contributed by atoms with van der Waals surface area (Å²) in [5.41, 5.74) is 1.28. The van der Waals surface area contributed by atoms with E-state index in [0.29, 0.717) is 0 Å². The summed E-state index contributed by atoms with van der Waals surface area (Å²) in [6, 6.07) is 8.32. The quantitative estimate of drug-likeness (QED) is 0.325. The molecule has 2 nitrogen and oxygen atoms in total. The van der Waals surface area contributed by atoms with E-state index in [1.807, 2.05) is 0 Å². The smallest absolute Gasteiger partial charge is 0.119 e. The molecule has 0 atom stereocenters. The van der Waals surface area contributed by atoms with Crippen molar-refractivity contribution in [2.45, 2.75) is 47.0 Å². The summed E-state index contributed by atoms with van der Waals surface area (Å²) in [4.78, 5) is 0. The lowest BCUT2D eigenvalue weighted by molar-refractivity contribution is -0.923. The van der Waals surface area contributed by atoms with Gasteiger partial charge >= 0.3 is 0 Å². The van der Waals surface area contributed by atoms with E-state index in [4.69, 9.17) is 4.74 Å². The van der Waals surface area contributed by atoms with Gasteiger partial charge in [-0.2, -0.15) is 0 Å². The molecule has 1 aromatic carbocycles. The summed E-state index contributed by atoms with van der Waals surface area (Å²) in [6.07, 6.45) is 3.74. The third-order valence-corrected chi connectivity index (χ3v) is 4.58. The summed E-state index contributed by atoms with van der Waals surface area (Å²) < 4.78 is 7.03. The van der Waals surface area contributed by atoms with Gasteiger partial charge in [0.1, 0.15) is 5.75 Å². The maximum Gasteiger partial charge on any atom is 0.119 e. The molecule has 0 aliphatic heterocycles. The molecular formula is C18H32INO. The summed E-state index contributed by atoms with van der Waals surface area (Å²) in [6.45, 7) is 15.0. The van der Waals surface area contributed by atoms with Gasteiger partial charge in [0.2, 0.25) is 0 Å². The molecule has 0 saturated carbocycles. The van der Waals surface area contributed by atoms with Crippen molar-refractivity contribution in [2.24, 2.45) is 0 Å². The Morgan fingerprint density at radius 2 is 1.43 bits per heavy atom. The predicted molar refractivity (Wildman–Crippen MR) is 87.3 cm³/mol. The Hall–Kier alpha value is -0.290. The molecule has 122 valence electrons. The first-order chi connectivity index (χ1) is 9.65. The van der Waals surface area contributed by atoms with Crippen LogP contribution in [0.4, 0.5) is 0 Å². The third-order valence-electron chi connectivity index (χ3n) is 4.58. The van der Waals surface area contributed by atoms with Crippen LogP contribution < -0.4 is 28.7 Å². The minimum Gasteiger partial charge on any atom is -1.00 e. The molecule has 1 rings (SSSR count). The molecule has 0 aliphatic carbocycles. The minimum atomic E-state index is 0. The molecule has 21 heavy (non-hydrogen) atoms. The number of unbranched alkanes of at least 4 members (excludes halogenated alkanes) is 2. The van der Waals surface area contributed by atoms with Crippen LogP contribution in [0, 0.1) is 6.92 Å². The molecule has 0 N–H and O–H groups in total. The lowest BCUT2D eigenvalue weighted by Crippen LogP contribution is -3.00. The van der Waals surface area contributed by atoms with Crippen LogP contribution >= 0.6 is 0 Å². The van der Waals surface area contributed by atoms with Gasteiger partial charge in [0.25, 0.3) is 0 Å². The lowest BCUT2D eigenvalue weighted by Gasteiger charge is -2.35. The number of quaternary nitrogens is 1. The normalized spacial score (nSPS) is 11.0. The van der Waals surface area contributed by atoms with E-state index in [9.17, 15) is 0 Å². The first-order valence-corrected chi connectivity index (χ1v) is 8.20. The fourth-order valence-electron chi connectivity index (χ4n) is 2.70. The number of hydrogen-bond donors (Lipinski definition) is 0. The van der Waals surface area contributed by atoms with Crippen molar-refractivity contribution in [1.29, 1.82) is 0 Å². The van der Waals surface area contributed by atoms with Crippen molar-refractivity contribution in [3.63, 3.8) is 0 Å². The highest BCUT2D eigenvalue weighted by atomic mass is 127. The first kappa shape index (κ1) is 20.7. The number of ether oxygens (including phenoxy) is 1. The van der Waals surface area contributed by atoms with Crippen LogP contribution in [0.1, 0.15) is 45.6 Å². The highest BCUT2D eigenvalue weighted by Gasteiger charge is 2.19. The molecule has 0 heterocycles. The standard InChI is InChI=1S/C18H32NO.HI/c1-5-19(6-2,7-3)15-9-8-10-16-20-18-13-11-17(4)12-14-18;/h11-14H,5-10,15-16H2,1-4H3;1H/q+1;/p-1. The third kappa shape index (κ3) is 7.50. The SMILES string of the molecule is CC[N+](CC)(CC)CCCCCOc1ccc(C)cc1.[I-]. The van der Waals surface area contributed by atoms with Gasteiger partial charge in [-0.15, -0.1) is 0 Å². The first-order valence-electron chi connectivity index (χ1n) is 8.20. The zero-order valence-electron chi connectivity index (χ0n) is 14.2. The zero-order chi connectivity index (χ0) is 14.8. The molecule has 3 heteroatoms. The number of benzene rings is 1. The maximum atomic E-state index is 5.77. The second-order valence-electron chi connectivity index (χ2n) is 5.74. The number of rotatable bonds is 10. The van der Waals surface area contributed by atoms with E-state index < -0.39 is 0 Å². The van der Waals surface area contributed by atoms with Gasteiger partial charge < -0.3 is 33.2 Å². The Labute approximate surface area is 148 Å². The van der Waals surface area contributed by atoms with E-state index in [1.54, 1.807) is 0 Å². The largest absolute Gasteiger partial charge is 1.00 e. The van der Waals surface area contributed by atoms with Crippen LogP contribution in [0.3, 0.4) is 0 Å². The monoisotopic (exact) mass is 405 g/mol. The lowest BCUT2D eigenvalue weighted by atomic mass is 10.2. The summed E-state index contributed by atoms with van der Waals surface area (Å²) in [5, 5.41) is 0. The van der Waals surface area contributed by atoms with Crippen molar-refractivity contribution in [3.05, 3.63) is 29.8 Å². The fraction of sp³-hybridized carbons (Fsp3) is 0.667. The molecule has 0 fully saturated rings. The second-order valence-corrected chi connectivity index (χ2v) is 5.74. The molecule has 0 spiro atoms. The van der Waals surface area contributed by atoms with Crippen molar-refractivity contribution in [2.75, 3.05) is 32.8 Å². The Bertz CT molecular complexity index is 352. The van der Waals surface area contributed by atoms with Crippen LogP contribution in [0.15, 0.2) is 24.3 Å². The molecule has 0 unspecified atom stereocenters. The van der Waals surface area contributed by atoms with Crippen LogP contribution in [0.5, 0.6) is 5.75 Å². The van der Waals surface area contributed by atoms with Crippen molar-refractivity contribution in [1.82, 2.24) is 0 Å². The second kappa shape index (κ2) is 11.3. The minimum absolute atomic E-state index is 0. The predicted octanol–water partition coefficient (Wildman–Crippen LogP) is 1.42. The molecule has 0 radical (unpaired) electrons. The average molecular weight is 405 g/mol. The van der Waals surface area contributed by atoms with Gasteiger partial charge in [-0.25, -0.2) is 0 Å². The average Bonchev–Trinajstić information content (AvgIpc) is 2.49. The summed E-state index contributed by atoms with van der Waals surface area (Å²) >= 11 is 0. The number of hydrogen-bond acceptors (Lipinski definition) is 1. The van der Waals surface area contributed by atoms with Crippen LogP contribution in [-0.2, 0) is 0 Å². The highest BCUT2D eigenvalue weighted by molar-refractivity contribution is 5.26. The number of halogens is 1.